The minimum atomic E-state index is -4.31. The van der Waals surface area contributed by atoms with Gasteiger partial charge in [-0.1, -0.05) is 0 Å². The third kappa shape index (κ3) is 5.47. The number of fused-ring (bicyclic) bond motifs is 2. The van der Waals surface area contributed by atoms with Crippen molar-refractivity contribution in [2.24, 2.45) is 0 Å². The Morgan fingerprint density at radius 1 is 1.19 bits per heavy atom. The Labute approximate surface area is 242 Å². The quantitative estimate of drug-likeness (QED) is 0.115. The summed E-state index contributed by atoms with van der Waals surface area (Å²) in [4.78, 5) is 55.2. The fourth-order valence-corrected chi connectivity index (χ4v) is 6.38. The Kier molecular flexibility index (Phi) is 7.85. The van der Waals surface area contributed by atoms with Gasteiger partial charge in [-0.2, -0.15) is 4.98 Å². The van der Waals surface area contributed by atoms with Crippen molar-refractivity contribution in [1.29, 1.82) is 0 Å². The molecule has 7 N–H and O–H groups in total. The second kappa shape index (κ2) is 11.3. The molecule has 2 aliphatic heterocycles. The van der Waals surface area contributed by atoms with Crippen molar-refractivity contribution in [3.05, 3.63) is 39.7 Å². The Morgan fingerprint density at radius 3 is 2.70 bits per heavy atom. The van der Waals surface area contributed by atoms with Crippen LogP contribution < -0.4 is 16.9 Å². The maximum atomic E-state index is 15.4. The maximum Gasteiger partial charge on any atom is 0.325 e. The minimum Gasteiger partial charge on any atom is -0.394 e. The van der Waals surface area contributed by atoms with Crippen LogP contribution in [0.5, 0.6) is 0 Å². The third-order valence-corrected chi connectivity index (χ3v) is 8.58. The van der Waals surface area contributed by atoms with Crippen LogP contribution in [0, 0.1) is 0 Å². The first-order valence-electron chi connectivity index (χ1n) is 12.6. The first-order valence-corrected chi connectivity index (χ1v) is 15.2. The lowest BCUT2D eigenvalue weighted by Crippen LogP contribution is -2.32. The van der Waals surface area contributed by atoms with E-state index < -0.39 is 80.3 Å². The van der Waals surface area contributed by atoms with Crippen molar-refractivity contribution >= 4 is 46.8 Å². The van der Waals surface area contributed by atoms with Gasteiger partial charge < -0.3 is 39.8 Å². The number of rotatable bonds is 9. The number of imidazole rings is 2. The first kappa shape index (κ1) is 29.8. The van der Waals surface area contributed by atoms with E-state index in [2.05, 4.69) is 29.9 Å². The number of ether oxygens (including phenoxy) is 2. The number of aromatic amines is 2. The molecular weight excluding hydrogens is 623 g/mol. The molecule has 4 aromatic rings. The number of hydrogen-bond acceptors (Lipinski definition) is 14. The molecule has 2 fully saturated rings. The molecule has 0 bridgehead atoms. The first-order chi connectivity index (χ1) is 20.5. The number of H-pyrrole nitrogens is 2. The molecule has 2 unspecified atom stereocenters. The summed E-state index contributed by atoms with van der Waals surface area (Å²) in [6.45, 7) is -5.64. The van der Waals surface area contributed by atoms with E-state index in [1.54, 1.807) is 0 Å². The molecule has 0 spiro atoms. The van der Waals surface area contributed by atoms with Crippen LogP contribution in [0.4, 0.5) is 14.7 Å². The highest BCUT2D eigenvalue weighted by Gasteiger charge is 2.50. The normalized spacial score (nSPS) is 29.8. The number of nitrogens with one attached hydrogen (secondary N) is 2. The lowest BCUT2D eigenvalue weighted by Gasteiger charge is -2.26. The smallest absolute Gasteiger partial charge is 0.325 e. The second-order valence-electron chi connectivity index (χ2n) is 9.75. The van der Waals surface area contributed by atoms with Crippen molar-refractivity contribution in [2.75, 3.05) is 18.9 Å². The molecule has 0 aliphatic carbocycles. The standard InChI is InChI=1S/C21H24F2N9O9PS/c22-11-9(2-33)40-20(32-6-28-13-17(32)29-21(24)30-19(13)36)14(11)41-42(37,43)38-3-10-7(34)1-8(39-10)15(23)31-5-27-12-16(31)25-4-26-18(12)35/h4-11,14-15,20,33-34H,1-3H2,(H,37,43)(H,25,26,35)(H3,24,29,30,36)/t7-,8?,9+,10+,11+,14+,15+,20+,42?/m0/s1. The van der Waals surface area contributed by atoms with Gasteiger partial charge in [0.15, 0.2) is 34.7 Å². The molecule has 6 rings (SSSR count). The molecule has 18 nitrogen and oxygen atoms in total. The zero-order chi connectivity index (χ0) is 30.6. The Bertz CT molecular complexity index is 1820. The summed E-state index contributed by atoms with van der Waals surface area (Å²) >= 11 is 5.07. The molecule has 0 aromatic carbocycles. The van der Waals surface area contributed by atoms with Crippen LogP contribution in [0.25, 0.3) is 22.3 Å². The Morgan fingerprint density at radius 2 is 1.93 bits per heavy atom. The Balaban J connectivity index is 1.15. The van der Waals surface area contributed by atoms with E-state index in [-0.39, 0.29) is 34.7 Å². The van der Waals surface area contributed by atoms with Gasteiger partial charge in [-0.05, 0) is 11.8 Å². The van der Waals surface area contributed by atoms with Gasteiger partial charge in [0.2, 0.25) is 12.2 Å². The van der Waals surface area contributed by atoms with E-state index >= 15 is 8.78 Å². The van der Waals surface area contributed by atoms with Crippen LogP contribution >= 0.6 is 6.72 Å². The van der Waals surface area contributed by atoms with Gasteiger partial charge in [0.25, 0.3) is 11.1 Å². The molecule has 0 saturated carbocycles. The maximum absolute atomic E-state index is 15.4. The van der Waals surface area contributed by atoms with Crippen molar-refractivity contribution in [3.8, 4) is 0 Å². The van der Waals surface area contributed by atoms with Crippen molar-refractivity contribution in [1.82, 2.24) is 39.0 Å². The monoisotopic (exact) mass is 647 g/mol. The van der Waals surface area contributed by atoms with Gasteiger partial charge in [-0.25, -0.2) is 23.7 Å². The molecule has 9 atom stereocenters. The van der Waals surface area contributed by atoms with E-state index in [0.717, 1.165) is 28.1 Å². The average molecular weight is 648 g/mol. The van der Waals surface area contributed by atoms with E-state index in [1.165, 1.54) is 0 Å². The van der Waals surface area contributed by atoms with Gasteiger partial charge in [-0.3, -0.25) is 28.2 Å². The van der Waals surface area contributed by atoms with Crippen LogP contribution in [0.1, 0.15) is 18.9 Å². The summed E-state index contributed by atoms with van der Waals surface area (Å²) in [5.41, 5.74) is 4.05. The highest BCUT2D eigenvalue weighted by molar-refractivity contribution is 8.07. The lowest BCUT2D eigenvalue weighted by atomic mass is 10.1. The predicted octanol–water partition coefficient (Wildman–Crippen LogP) is -1.33. The fourth-order valence-electron chi connectivity index (χ4n) is 4.97. The number of nitrogens with two attached hydrogens (primary N) is 1. The van der Waals surface area contributed by atoms with Crippen LogP contribution in [0.2, 0.25) is 0 Å². The highest BCUT2D eigenvalue weighted by Crippen LogP contribution is 2.50. The van der Waals surface area contributed by atoms with Crippen LogP contribution in [0.15, 0.2) is 28.6 Å². The number of anilines is 1. The fraction of sp³-hybridized carbons (Fsp3) is 0.524. The zero-order valence-electron chi connectivity index (χ0n) is 21.6. The number of hydrogen-bond donors (Lipinski definition) is 6. The summed E-state index contributed by atoms with van der Waals surface area (Å²) < 4.78 is 54.8. The predicted molar refractivity (Wildman–Crippen MR) is 143 cm³/mol. The number of nitrogen functional groups attached to an aromatic ring is 1. The zero-order valence-corrected chi connectivity index (χ0v) is 23.3. The molecule has 0 radical (unpaired) electrons. The molecule has 22 heteroatoms. The van der Waals surface area contributed by atoms with Gasteiger partial charge in [-0.15, -0.1) is 0 Å². The summed E-state index contributed by atoms with van der Waals surface area (Å²) in [5, 5.41) is 20.1. The molecule has 6 heterocycles. The molecule has 0 amide bonds. The summed E-state index contributed by atoms with van der Waals surface area (Å²) in [5.74, 6) is -0.254. The SMILES string of the molecule is Nc1nc2c(ncn2[C@@H]2O[C@H](CO)[C@@H](F)[C@H]2OP(O)(=S)OC[C@H]2OC([C@H](F)n3cnc4c(=O)[nH]cnc43)C[C@@H]2O)c(=O)[nH]1. The summed E-state index contributed by atoms with van der Waals surface area (Å²) in [7, 11) is 0. The minimum absolute atomic E-state index is 0.0308. The number of aliphatic hydroxyl groups is 2. The molecule has 4 aromatic heterocycles. The van der Waals surface area contributed by atoms with Gasteiger partial charge >= 0.3 is 6.72 Å². The average Bonchev–Trinajstić information content (AvgIpc) is 3.73. The van der Waals surface area contributed by atoms with Gasteiger partial charge in [0, 0.05) is 6.42 Å². The van der Waals surface area contributed by atoms with Crippen LogP contribution in [-0.2, 0) is 30.3 Å². The van der Waals surface area contributed by atoms with Crippen LogP contribution in [-0.4, -0.2) is 104 Å². The summed E-state index contributed by atoms with van der Waals surface area (Å²) in [6, 6.07) is 0. The summed E-state index contributed by atoms with van der Waals surface area (Å²) in [6.07, 6.45) is -8.98. The Hall–Kier alpha value is -3.27. The van der Waals surface area contributed by atoms with E-state index in [4.69, 9.17) is 36.1 Å². The van der Waals surface area contributed by atoms with Crippen molar-refractivity contribution < 1.29 is 42.4 Å². The molecule has 2 aliphatic rings. The second-order valence-corrected chi connectivity index (χ2v) is 12.5. The molecule has 2 saturated heterocycles. The molecule has 232 valence electrons. The van der Waals surface area contributed by atoms with Gasteiger partial charge in [0.1, 0.15) is 24.4 Å². The number of nitrogens with zero attached hydrogens (tertiary/aromatic N) is 6. The van der Waals surface area contributed by atoms with Crippen molar-refractivity contribution in [3.63, 3.8) is 0 Å². The molecular formula is C21H24F2N9O9PS. The largest absolute Gasteiger partial charge is 0.394 e. The van der Waals surface area contributed by atoms with E-state index in [0.29, 0.717) is 0 Å². The van der Waals surface area contributed by atoms with E-state index in [9.17, 15) is 24.7 Å². The lowest BCUT2D eigenvalue weighted by molar-refractivity contribution is -0.0616. The third-order valence-electron chi connectivity index (χ3n) is 7.02. The van der Waals surface area contributed by atoms with E-state index in [1.807, 2.05) is 0 Å². The topological polar surface area (TPSA) is 251 Å². The number of halogens is 2. The number of alkyl halides is 2. The highest BCUT2D eigenvalue weighted by atomic mass is 32.5. The van der Waals surface area contributed by atoms with Gasteiger partial charge in [0.05, 0.1) is 38.3 Å². The van der Waals surface area contributed by atoms with Crippen molar-refractivity contribution in [2.45, 2.75) is 55.6 Å². The van der Waals surface area contributed by atoms with Crippen LogP contribution in [0.3, 0.4) is 0 Å². The number of aromatic nitrogens is 8. The molecule has 43 heavy (non-hydrogen) atoms. The number of aliphatic hydroxyl groups excluding tert-OH is 2.